The summed E-state index contributed by atoms with van der Waals surface area (Å²) in [6, 6.07) is 14.2. The van der Waals surface area contributed by atoms with Gasteiger partial charge in [-0.2, -0.15) is 5.10 Å². The Hall–Kier alpha value is -2.02. The minimum Gasteiger partial charge on any atom is -0.317 e. The molecule has 2 aromatic carbocycles. The number of aryl methyl sites for hydroxylation is 2. The highest BCUT2D eigenvalue weighted by Gasteiger charge is 2.16. The Morgan fingerprint density at radius 2 is 1.84 bits per heavy atom. The van der Waals surface area contributed by atoms with E-state index in [1.165, 1.54) is 22.9 Å². The van der Waals surface area contributed by atoms with Gasteiger partial charge in [-0.1, -0.05) is 29.8 Å². The van der Waals surface area contributed by atoms with E-state index >= 15 is 0 Å². The van der Waals surface area contributed by atoms with Crippen molar-refractivity contribution in [3.05, 3.63) is 85.6 Å². The summed E-state index contributed by atoms with van der Waals surface area (Å²) in [5, 5.41) is 4.89. The van der Waals surface area contributed by atoms with Crippen molar-refractivity contribution in [1.82, 2.24) is 9.99 Å². The summed E-state index contributed by atoms with van der Waals surface area (Å²) in [5.41, 5.74) is 10.4. The zero-order valence-electron chi connectivity index (χ0n) is 18.0. The molecule has 4 nitrogen and oxygen atoms in total. The summed E-state index contributed by atoms with van der Waals surface area (Å²) in [5.74, 6) is 0.912. The molecule has 1 aromatic heterocycles. The molecule has 0 aliphatic rings. The van der Waals surface area contributed by atoms with Crippen LogP contribution in [0, 0.1) is 27.7 Å². The van der Waals surface area contributed by atoms with Gasteiger partial charge in [-0.25, -0.2) is 5.43 Å². The molecule has 1 amide bonds. The first-order valence-corrected chi connectivity index (χ1v) is 12.2. The summed E-state index contributed by atoms with van der Waals surface area (Å²) >= 11 is 11.2. The van der Waals surface area contributed by atoms with Crippen LogP contribution in [0.4, 0.5) is 0 Å². The number of carbonyl (C=O) groups excluding carboxylic acids is 1. The predicted molar refractivity (Wildman–Crippen MR) is 136 cm³/mol. The third-order valence-electron chi connectivity index (χ3n) is 4.85. The van der Waals surface area contributed by atoms with Gasteiger partial charge in [0.2, 0.25) is 5.91 Å². The molecular formula is C24H25BrClN3OS. The molecule has 31 heavy (non-hydrogen) atoms. The normalized spacial score (nSPS) is 11.3. The Kier molecular flexibility index (Phi) is 8.03. The van der Waals surface area contributed by atoms with Crippen molar-refractivity contribution < 1.29 is 4.79 Å². The molecule has 0 saturated carbocycles. The van der Waals surface area contributed by atoms with Gasteiger partial charge in [0.25, 0.3) is 0 Å². The van der Waals surface area contributed by atoms with Crippen LogP contribution in [-0.4, -0.2) is 22.4 Å². The minimum absolute atomic E-state index is 0.137. The Morgan fingerprint density at radius 3 is 2.52 bits per heavy atom. The lowest BCUT2D eigenvalue weighted by Crippen LogP contribution is -2.19. The highest BCUT2D eigenvalue weighted by molar-refractivity contribution is 9.10. The molecule has 0 saturated heterocycles. The van der Waals surface area contributed by atoms with Crippen molar-refractivity contribution in [1.29, 1.82) is 0 Å². The van der Waals surface area contributed by atoms with E-state index in [1.807, 2.05) is 24.3 Å². The van der Waals surface area contributed by atoms with E-state index < -0.39 is 0 Å². The van der Waals surface area contributed by atoms with Gasteiger partial charge < -0.3 is 4.57 Å². The topological polar surface area (TPSA) is 46.4 Å². The number of amides is 1. The molecule has 3 rings (SSSR count). The fourth-order valence-corrected chi connectivity index (χ4v) is 5.08. The first-order valence-electron chi connectivity index (χ1n) is 9.86. The molecule has 0 spiro atoms. The standard InChI is InChI=1S/C24H25BrClN3OS/c1-15-8-16(2)10-21(9-15)29-17(3)22(24(25)18(29)4)12-27-28-23(30)14-31-13-19-6-5-7-20(26)11-19/h5-12H,13-14H2,1-4H3,(H,28,30)/b27-12-. The number of benzene rings is 2. The second kappa shape index (κ2) is 10.5. The highest BCUT2D eigenvalue weighted by atomic mass is 79.9. The third-order valence-corrected chi connectivity index (χ3v) is 7.09. The van der Waals surface area contributed by atoms with E-state index in [2.05, 4.69) is 76.9 Å². The number of thioether (sulfide) groups is 1. The monoisotopic (exact) mass is 517 g/mol. The maximum Gasteiger partial charge on any atom is 0.250 e. The third kappa shape index (κ3) is 6.03. The molecule has 7 heteroatoms. The average Bonchev–Trinajstić information content (AvgIpc) is 2.90. The van der Waals surface area contributed by atoms with Crippen LogP contribution in [0.2, 0.25) is 5.02 Å². The second-order valence-electron chi connectivity index (χ2n) is 7.50. The number of rotatable bonds is 7. The van der Waals surface area contributed by atoms with E-state index in [-0.39, 0.29) is 5.91 Å². The number of carbonyl (C=O) groups is 1. The van der Waals surface area contributed by atoms with Crippen LogP contribution in [-0.2, 0) is 10.5 Å². The van der Waals surface area contributed by atoms with Crippen LogP contribution in [0.5, 0.6) is 0 Å². The van der Waals surface area contributed by atoms with Crippen LogP contribution in [0.3, 0.4) is 0 Å². The lowest BCUT2D eigenvalue weighted by Gasteiger charge is -2.11. The van der Waals surface area contributed by atoms with Gasteiger partial charge in [-0.05, 0) is 84.6 Å². The van der Waals surface area contributed by atoms with E-state index in [9.17, 15) is 4.79 Å². The Labute approximate surface area is 201 Å². The van der Waals surface area contributed by atoms with E-state index in [0.29, 0.717) is 10.8 Å². The smallest absolute Gasteiger partial charge is 0.250 e. The van der Waals surface area contributed by atoms with Crippen molar-refractivity contribution in [2.75, 3.05) is 5.75 Å². The van der Waals surface area contributed by atoms with Gasteiger partial charge in [-0.15, -0.1) is 11.8 Å². The fourth-order valence-electron chi connectivity index (χ4n) is 3.53. The molecule has 0 aliphatic carbocycles. The maximum absolute atomic E-state index is 12.1. The SMILES string of the molecule is Cc1cc(C)cc(-n2c(C)c(Br)c(/C=N\NC(=O)CSCc3cccc(Cl)c3)c2C)c1. The maximum atomic E-state index is 12.1. The predicted octanol–water partition coefficient (Wildman–Crippen LogP) is 6.51. The molecule has 1 heterocycles. The summed E-state index contributed by atoms with van der Waals surface area (Å²) in [6.07, 6.45) is 1.70. The minimum atomic E-state index is -0.137. The number of halogens is 2. The van der Waals surface area contributed by atoms with E-state index in [4.69, 9.17) is 11.6 Å². The van der Waals surface area contributed by atoms with Gasteiger partial charge in [0.15, 0.2) is 0 Å². The van der Waals surface area contributed by atoms with Gasteiger partial charge >= 0.3 is 0 Å². The van der Waals surface area contributed by atoms with E-state index in [0.717, 1.165) is 38.4 Å². The number of hydrogen-bond acceptors (Lipinski definition) is 3. The zero-order valence-corrected chi connectivity index (χ0v) is 21.2. The number of nitrogens with zero attached hydrogens (tertiary/aromatic N) is 2. The largest absolute Gasteiger partial charge is 0.317 e. The molecule has 1 N–H and O–H groups in total. The molecule has 0 unspecified atom stereocenters. The van der Waals surface area contributed by atoms with Gasteiger partial charge in [0.1, 0.15) is 0 Å². The van der Waals surface area contributed by atoms with Crippen molar-refractivity contribution in [3.8, 4) is 5.69 Å². The Bertz CT molecular complexity index is 1120. The lowest BCUT2D eigenvalue weighted by atomic mass is 10.1. The van der Waals surface area contributed by atoms with Crippen molar-refractivity contribution in [3.63, 3.8) is 0 Å². The summed E-state index contributed by atoms with van der Waals surface area (Å²) in [6.45, 7) is 8.32. The highest BCUT2D eigenvalue weighted by Crippen LogP contribution is 2.30. The summed E-state index contributed by atoms with van der Waals surface area (Å²) in [7, 11) is 0. The van der Waals surface area contributed by atoms with Gasteiger partial charge in [-0.3, -0.25) is 4.79 Å². The molecule has 0 radical (unpaired) electrons. The molecule has 162 valence electrons. The number of nitrogens with one attached hydrogen (secondary N) is 1. The summed E-state index contributed by atoms with van der Waals surface area (Å²) < 4.78 is 3.17. The fraction of sp³-hybridized carbons (Fsp3) is 0.250. The first kappa shape index (κ1) is 23.6. The number of hydrazone groups is 1. The van der Waals surface area contributed by atoms with Gasteiger partial charge in [0.05, 0.1) is 12.0 Å². The summed E-state index contributed by atoms with van der Waals surface area (Å²) in [4.78, 5) is 12.1. The van der Waals surface area contributed by atoms with Crippen LogP contribution < -0.4 is 5.43 Å². The van der Waals surface area contributed by atoms with Gasteiger partial charge in [0, 0.05) is 37.9 Å². The molecule has 0 aliphatic heterocycles. The lowest BCUT2D eigenvalue weighted by molar-refractivity contribution is -0.118. The Morgan fingerprint density at radius 1 is 1.13 bits per heavy atom. The van der Waals surface area contributed by atoms with Crippen LogP contribution in [0.25, 0.3) is 5.69 Å². The molecule has 0 bridgehead atoms. The molecular weight excluding hydrogens is 494 g/mol. The molecule has 0 atom stereocenters. The van der Waals surface area contributed by atoms with Crippen molar-refractivity contribution in [2.24, 2.45) is 5.10 Å². The Balaban J connectivity index is 1.65. The quantitative estimate of drug-likeness (QED) is 0.286. The van der Waals surface area contributed by atoms with Crippen LogP contribution in [0.15, 0.2) is 52.0 Å². The van der Waals surface area contributed by atoms with E-state index in [1.54, 1.807) is 6.21 Å². The second-order valence-corrected chi connectivity index (χ2v) is 9.71. The zero-order chi connectivity index (χ0) is 22.5. The average molecular weight is 519 g/mol. The first-order chi connectivity index (χ1) is 14.8. The molecule has 0 fully saturated rings. The van der Waals surface area contributed by atoms with Crippen molar-refractivity contribution in [2.45, 2.75) is 33.4 Å². The van der Waals surface area contributed by atoms with Crippen LogP contribution in [0.1, 0.15) is 33.6 Å². The molecule has 3 aromatic rings. The van der Waals surface area contributed by atoms with Crippen molar-refractivity contribution >= 4 is 51.4 Å². The number of hydrogen-bond donors (Lipinski definition) is 1. The van der Waals surface area contributed by atoms with Crippen LogP contribution >= 0.6 is 39.3 Å². The number of aromatic nitrogens is 1.